The van der Waals surface area contributed by atoms with Crippen molar-refractivity contribution in [2.24, 2.45) is 11.3 Å². The van der Waals surface area contributed by atoms with Gasteiger partial charge in [0.2, 0.25) is 35.9 Å². The van der Waals surface area contributed by atoms with Gasteiger partial charge in [-0.2, -0.15) is 13.2 Å². The van der Waals surface area contributed by atoms with Crippen molar-refractivity contribution in [1.82, 2.24) is 35.1 Å². The van der Waals surface area contributed by atoms with E-state index in [-0.39, 0.29) is 56.7 Å². The van der Waals surface area contributed by atoms with Crippen LogP contribution in [0.4, 0.5) is 26.3 Å². The molecule has 434 valence electrons. The number of hydrogen-bond donors (Lipinski definition) is 3. The van der Waals surface area contributed by atoms with Gasteiger partial charge in [-0.1, -0.05) is 84.2 Å². The maximum atomic E-state index is 12.9. The normalized spacial score (nSPS) is 20.1. The number of carbonyl (C=O) groups excluding carboxylic acids is 6. The first-order valence-corrected chi connectivity index (χ1v) is 25.8. The predicted octanol–water partition coefficient (Wildman–Crippen LogP) is 8.05. The van der Waals surface area contributed by atoms with Gasteiger partial charge >= 0.3 is 12.1 Å². The minimum absolute atomic E-state index is 0.0456. The third kappa shape index (κ3) is 26.1. The van der Waals surface area contributed by atoms with Gasteiger partial charge in [0, 0.05) is 84.9 Å². The number of carboxylic acids is 1. The molecule has 1 saturated carbocycles. The molecule has 3 N–H and O–H groups in total. The Morgan fingerprint density at radius 3 is 2.03 bits per heavy atom. The van der Waals surface area contributed by atoms with Crippen LogP contribution in [-0.4, -0.2) is 184 Å². The zero-order chi connectivity index (χ0) is 58.6. The van der Waals surface area contributed by atoms with Crippen LogP contribution in [0.1, 0.15) is 112 Å². The van der Waals surface area contributed by atoms with Gasteiger partial charge in [-0.3, -0.25) is 33.6 Å². The number of nitrogens with zero attached hydrogens (tertiary/aromatic N) is 5. The largest absolute Gasteiger partial charge is 0.481 e. The average molecular weight is 1110 g/mol. The van der Waals surface area contributed by atoms with Crippen molar-refractivity contribution in [2.45, 2.75) is 136 Å². The fraction of sp³-hybridized carbons (Fsp3) is 0.679. The number of ether oxygens (including phenoxy) is 1. The first-order chi connectivity index (χ1) is 35.3. The van der Waals surface area contributed by atoms with E-state index < -0.39 is 66.9 Å². The Balaban J connectivity index is 0.00000105. The molecule has 0 bridgehead atoms. The van der Waals surface area contributed by atoms with E-state index in [1.165, 1.54) is 35.2 Å². The molecule has 2 heterocycles. The second-order valence-electron chi connectivity index (χ2n) is 19.8. The highest BCUT2D eigenvalue weighted by Gasteiger charge is 2.74. The van der Waals surface area contributed by atoms with Crippen molar-refractivity contribution in [2.75, 3.05) is 87.7 Å². The molecule has 2 unspecified atom stereocenters. The molecule has 23 heteroatoms. The number of amides is 6. The van der Waals surface area contributed by atoms with Crippen LogP contribution in [0, 0.1) is 11.3 Å². The minimum atomic E-state index is -5.03. The summed E-state index contributed by atoms with van der Waals surface area (Å²) < 4.78 is 81.9. The van der Waals surface area contributed by atoms with E-state index in [1.54, 1.807) is 26.0 Å². The summed E-state index contributed by atoms with van der Waals surface area (Å²) in [7, 11) is 8.58. The van der Waals surface area contributed by atoms with Gasteiger partial charge in [0.05, 0.1) is 32.8 Å². The highest BCUT2D eigenvalue weighted by Crippen LogP contribution is 2.61. The van der Waals surface area contributed by atoms with Crippen molar-refractivity contribution in [3.8, 4) is 0 Å². The number of allylic oxidation sites excluding steroid dienone is 8. The topological polar surface area (TPSA) is 189 Å². The Morgan fingerprint density at radius 2 is 1.55 bits per heavy atom. The molecule has 2 saturated heterocycles. The van der Waals surface area contributed by atoms with E-state index >= 15 is 0 Å². The van der Waals surface area contributed by atoms with E-state index in [0.29, 0.717) is 29.3 Å². The van der Waals surface area contributed by atoms with Crippen LogP contribution in [0.2, 0.25) is 0 Å². The Hall–Kier alpha value is -5.38. The molecule has 0 spiro atoms. The molecular formula is C53H84ClF6N7O9. The fourth-order valence-corrected chi connectivity index (χ4v) is 7.91. The molecule has 0 radical (unpaired) electrons. The molecule has 2 atom stereocenters. The summed E-state index contributed by atoms with van der Waals surface area (Å²) in [5.74, 6) is -6.15. The number of carbonyl (C=O) groups is 7. The lowest BCUT2D eigenvalue weighted by molar-refractivity contribution is -0.299. The van der Waals surface area contributed by atoms with Gasteiger partial charge in [-0.05, 0) is 73.8 Å². The molecule has 2 aliphatic carbocycles. The molecule has 4 aliphatic rings. The Bertz CT molecular complexity index is 2020. The molecule has 3 fully saturated rings. The summed E-state index contributed by atoms with van der Waals surface area (Å²) in [5, 5.41) is 13.1. The van der Waals surface area contributed by atoms with E-state index in [0.717, 1.165) is 75.2 Å². The zero-order valence-corrected chi connectivity index (χ0v) is 46.9. The zero-order valence-electron chi connectivity index (χ0n) is 46.2. The quantitative estimate of drug-likeness (QED) is 0.0925. The van der Waals surface area contributed by atoms with Crippen LogP contribution in [0.5, 0.6) is 0 Å². The molecule has 16 nitrogen and oxygen atoms in total. The van der Waals surface area contributed by atoms with Gasteiger partial charge in [-0.25, -0.2) is 13.2 Å². The van der Waals surface area contributed by atoms with Crippen molar-refractivity contribution < 1.29 is 69.7 Å². The molecule has 0 aromatic heterocycles. The highest BCUT2D eigenvalue weighted by molar-refractivity contribution is 6.30. The fourth-order valence-electron chi connectivity index (χ4n) is 7.75. The Morgan fingerprint density at radius 1 is 0.974 bits per heavy atom. The van der Waals surface area contributed by atoms with Crippen LogP contribution >= 0.6 is 11.6 Å². The lowest BCUT2D eigenvalue weighted by atomic mass is 9.64. The van der Waals surface area contributed by atoms with Crippen LogP contribution in [0.3, 0.4) is 0 Å². The second-order valence-corrected chi connectivity index (χ2v) is 20.3. The first kappa shape index (κ1) is 70.6. The summed E-state index contributed by atoms with van der Waals surface area (Å²) >= 11 is 5.81. The number of alkyl halides is 6. The van der Waals surface area contributed by atoms with Crippen LogP contribution in [0.15, 0.2) is 58.8 Å². The van der Waals surface area contributed by atoms with Gasteiger partial charge in [0.15, 0.2) is 5.41 Å². The van der Waals surface area contributed by atoms with Gasteiger partial charge in [-0.15, -0.1) is 0 Å². The summed E-state index contributed by atoms with van der Waals surface area (Å²) in [6, 6.07) is -0.727. The summed E-state index contributed by atoms with van der Waals surface area (Å²) in [5.41, 5.74) is 1.69. The maximum Gasteiger partial charge on any atom is 0.403 e. The second kappa shape index (κ2) is 35.1. The number of halogens is 7. The first-order valence-electron chi connectivity index (χ1n) is 25.4. The summed E-state index contributed by atoms with van der Waals surface area (Å²) in [4.78, 5) is 88.0. The molecule has 2 aliphatic heterocycles. The predicted molar refractivity (Wildman–Crippen MR) is 282 cm³/mol. The Kier molecular flexibility index (Phi) is 32.6. The van der Waals surface area contributed by atoms with Crippen molar-refractivity contribution in [1.29, 1.82) is 0 Å². The molecule has 4 rings (SSSR count). The van der Waals surface area contributed by atoms with Crippen LogP contribution < -0.4 is 10.6 Å². The van der Waals surface area contributed by atoms with Gasteiger partial charge in [0.1, 0.15) is 12.2 Å². The highest BCUT2D eigenvalue weighted by atomic mass is 35.5. The van der Waals surface area contributed by atoms with E-state index in [9.17, 15) is 59.9 Å². The summed E-state index contributed by atoms with van der Waals surface area (Å²) in [6.07, 6.45) is 4.27. The van der Waals surface area contributed by atoms with Crippen LogP contribution in [0.25, 0.3) is 0 Å². The van der Waals surface area contributed by atoms with Crippen molar-refractivity contribution in [3.63, 3.8) is 0 Å². The van der Waals surface area contributed by atoms with E-state index in [2.05, 4.69) is 68.7 Å². The number of likely N-dealkylation sites (tertiary alicyclic amines) is 1. The molecule has 0 aromatic carbocycles. The number of methoxy groups -OCH3 is 1. The van der Waals surface area contributed by atoms with E-state index in [1.807, 2.05) is 13.0 Å². The maximum absolute atomic E-state index is 12.9. The SMILES string of the molecule is C=C(Cl)/C=C(/C)C(=C)C1=CC=C(N(C)CCOC)CC1.CC(C)C.CCC(=O)O.CN1CCCCCCCC(N(C)C(=O)CNC=O)C(=O)NCC(=O)N(C)CC1=O.O=C(N1CCC(F)C1)C1(C(F)(F)F)CC(F)(F)C1. The lowest BCUT2D eigenvalue weighted by Crippen LogP contribution is -2.62. The van der Waals surface area contributed by atoms with Gasteiger partial charge in [0.25, 0.3) is 5.92 Å². The number of hydrogen-bond acceptors (Lipinski definition) is 9. The third-order valence-corrected chi connectivity index (χ3v) is 12.5. The third-order valence-electron chi connectivity index (χ3n) is 12.4. The Labute approximate surface area is 451 Å². The van der Waals surface area contributed by atoms with Crippen molar-refractivity contribution >= 4 is 53.5 Å². The number of likely N-dealkylation sites (N-methyl/N-ethyl adjacent to an activating group) is 4. The summed E-state index contributed by atoms with van der Waals surface area (Å²) in [6.45, 7) is 19.2. The number of nitrogens with one attached hydrogen (secondary N) is 2. The molecular weight excluding hydrogens is 1030 g/mol. The van der Waals surface area contributed by atoms with E-state index in [4.69, 9.17) is 21.4 Å². The van der Waals surface area contributed by atoms with Gasteiger partial charge < -0.3 is 45.0 Å². The van der Waals surface area contributed by atoms with Crippen molar-refractivity contribution in [3.05, 3.63) is 58.8 Å². The number of rotatable bonds is 13. The van der Waals surface area contributed by atoms with Crippen LogP contribution in [-0.2, 0) is 38.3 Å². The number of carboxylic acid groups (broad SMARTS) is 1. The average Bonchev–Trinajstić information content (AvgIpc) is 3.78. The molecule has 76 heavy (non-hydrogen) atoms. The number of aliphatic carboxylic acids is 1. The molecule has 0 aromatic rings. The lowest BCUT2D eigenvalue weighted by Gasteiger charge is -2.47. The standard InChI is InChI=1S/C19H33N5O5.C17H24ClNO.C10H11F6NO.C4H10.C3H6O2/c1-22-10-8-6-4-5-7-9-15(24(3)17(27)11-20-14-25)19(29)21-12-16(26)23(2)13-18(22)28;1-13(12-14(2)18)15(3)16-6-8-17(9-7-16)19(4)10-11-20-5;11-6-1-2-17(3-6)7(18)8(10(14,15)16)4-9(12,13)5-8;1-4(2)3;1-2-3(4)5/h14-15H,4-13H2,1-3H3,(H,20,25)(H,21,29);6,8,12H,2-3,7,9-11H2,1,4-5H3;6H,1-5H2;4H,1-3H3;2H2,1H3,(H,4,5)/b;13-12-;;;. The molecule has 6 amide bonds. The smallest absolute Gasteiger partial charge is 0.403 e. The monoisotopic (exact) mass is 1110 g/mol. The minimum Gasteiger partial charge on any atom is -0.481 e.